The number of nitrogens with zero attached hydrogens (tertiary/aromatic N) is 3. The van der Waals surface area contributed by atoms with Crippen LogP contribution in [0.15, 0.2) is 41.0 Å². The summed E-state index contributed by atoms with van der Waals surface area (Å²) in [4.78, 5) is 4.61. The highest BCUT2D eigenvalue weighted by molar-refractivity contribution is 9.10. The molecule has 7 heteroatoms. The summed E-state index contributed by atoms with van der Waals surface area (Å²) in [5, 5.41) is 20.9. The van der Waals surface area contributed by atoms with Crippen LogP contribution in [0.4, 0.5) is 5.82 Å². The van der Waals surface area contributed by atoms with E-state index in [1.54, 1.807) is 22.8 Å². The summed E-state index contributed by atoms with van der Waals surface area (Å²) < 4.78 is 2.57. The Balaban J connectivity index is 2.02. The van der Waals surface area contributed by atoms with E-state index < -0.39 is 0 Å². The summed E-state index contributed by atoms with van der Waals surface area (Å²) in [5.41, 5.74) is 2.11. The molecule has 0 radical (unpaired) electrons. The lowest BCUT2D eigenvalue weighted by atomic mass is 10.1. The summed E-state index contributed by atoms with van der Waals surface area (Å²) in [6.07, 6.45) is 2.71. The molecule has 23 heavy (non-hydrogen) atoms. The van der Waals surface area contributed by atoms with Crippen molar-refractivity contribution in [1.82, 2.24) is 19.9 Å². The first-order valence-corrected chi connectivity index (χ1v) is 8.21. The van der Waals surface area contributed by atoms with Gasteiger partial charge in [0.05, 0.1) is 16.4 Å². The second-order valence-electron chi connectivity index (χ2n) is 5.16. The third kappa shape index (κ3) is 3.30. The smallest absolute Gasteiger partial charge is 0.172 e. The van der Waals surface area contributed by atoms with Crippen molar-refractivity contribution in [3.05, 3.63) is 41.0 Å². The highest BCUT2D eigenvalue weighted by Crippen LogP contribution is 2.30. The van der Waals surface area contributed by atoms with Crippen molar-refractivity contribution in [2.75, 3.05) is 25.5 Å². The van der Waals surface area contributed by atoms with Gasteiger partial charge < -0.3 is 15.7 Å². The SMILES string of the molecule is CNCCCNc1cc(-c2ccccc2O)nc2c(Br)cnn12. The first-order valence-electron chi connectivity index (χ1n) is 7.42. The summed E-state index contributed by atoms with van der Waals surface area (Å²) in [7, 11) is 1.94. The van der Waals surface area contributed by atoms with Gasteiger partial charge in [0.1, 0.15) is 11.6 Å². The van der Waals surface area contributed by atoms with E-state index in [4.69, 9.17) is 0 Å². The van der Waals surface area contributed by atoms with Crippen LogP contribution in [0.2, 0.25) is 0 Å². The standard InChI is InChI=1S/C16H18BrN5O/c1-18-7-4-8-19-15-9-13(11-5-2-3-6-14(11)23)21-16-12(17)10-20-22(15)16/h2-3,5-6,9-10,18-19,23H,4,7-8H2,1H3. The fourth-order valence-electron chi connectivity index (χ4n) is 2.37. The Labute approximate surface area is 142 Å². The molecule has 0 amide bonds. The molecule has 0 bridgehead atoms. The molecule has 2 aromatic heterocycles. The molecule has 0 aliphatic heterocycles. The molecule has 0 aliphatic rings. The number of fused-ring (bicyclic) bond motifs is 1. The number of benzene rings is 1. The Bertz CT molecular complexity index is 817. The zero-order valence-electron chi connectivity index (χ0n) is 12.8. The molecule has 1 aromatic carbocycles. The minimum Gasteiger partial charge on any atom is -0.507 e. The predicted molar refractivity (Wildman–Crippen MR) is 94.8 cm³/mol. The average molecular weight is 376 g/mol. The van der Waals surface area contributed by atoms with E-state index in [9.17, 15) is 5.11 Å². The van der Waals surface area contributed by atoms with E-state index in [1.807, 2.05) is 25.2 Å². The van der Waals surface area contributed by atoms with Crippen molar-refractivity contribution in [2.45, 2.75) is 6.42 Å². The molecule has 0 aliphatic carbocycles. The summed E-state index contributed by atoms with van der Waals surface area (Å²) >= 11 is 3.47. The molecular formula is C16H18BrN5O. The van der Waals surface area contributed by atoms with Crippen LogP contribution < -0.4 is 10.6 Å². The Morgan fingerprint density at radius 3 is 2.87 bits per heavy atom. The highest BCUT2D eigenvalue weighted by atomic mass is 79.9. The van der Waals surface area contributed by atoms with Gasteiger partial charge in [-0.1, -0.05) is 12.1 Å². The van der Waals surface area contributed by atoms with Gasteiger partial charge in [0.2, 0.25) is 0 Å². The van der Waals surface area contributed by atoms with Gasteiger partial charge >= 0.3 is 0 Å². The van der Waals surface area contributed by atoms with Gasteiger partial charge in [-0.25, -0.2) is 4.98 Å². The summed E-state index contributed by atoms with van der Waals surface area (Å²) in [5.74, 6) is 1.05. The van der Waals surface area contributed by atoms with Gasteiger partial charge in [0.15, 0.2) is 5.65 Å². The first-order chi connectivity index (χ1) is 11.2. The van der Waals surface area contributed by atoms with Crippen LogP contribution in [-0.2, 0) is 0 Å². The molecule has 0 fully saturated rings. The number of halogens is 1. The molecule has 3 aromatic rings. The van der Waals surface area contributed by atoms with Gasteiger partial charge in [0, 0.05) is 18.2 Å². The Morgan fingerprint density at radius 2 is 2.09 bits per heavy atom. The maximum absolute atomic E-state index is 10.1. The fraction of sp³-hybridized carbons (Fsp3) is 0.250. The van der Waals surface area contributed by atoms with E-state index in [-0.39, 0.29) is 5.75 Å². The van der Waals surface area contributed by atoms with Crippen LogP contribution in [0.1, 0.15) is 6.42 Å². The molecule has 6 nitrogen and oxygen atoms in total. The number of para-hydroxylation sites is 1. The van der Waals surface area contributed by atoms with E-state index in [0.717, 1.165) is 29.8 Å². The molecule has 120 valence electrons. The third-order valence-electron chi connectivity index (χ3n) is 3.52. The van der Waals surface area contributed by atoms with Crippen LogP contribution in [0.3, 0.4) is 0 Å². The zero-order chi connectivity index (χ0) is 16.2. The summed E-state index contributed by atoms with van der Waals surface area (Å²) in [6, 6.07) is 9.09. The zero-order valence-corrected chi connectivity index (χ0v) is 14.3. The van der Waals surface area contributed by atoms with Crippen molar-refractivity contribution in [3.8, 4) is 17.0 Å². The lowest BCUT2D eigenvalue weighted by Gasteiger charge is -2.11. The molecule has 0 spiro atoms. The largest absolute Gasteiger partial charge is 0.507 e. The minimum atomic E-state index is 0.209. The number of aromatic nitrogens is 3. The maximum atomic E-state index is 10.1. The van der Waals surface area contributed by atoms with Crippen LogP contribution in [0.5, 0.6) is 5.75 Å². The number of hydrogen-bond donors (Lipinski definition) is 3. The topological polar surface area (TPSA) is 74.5 Å². The Hall–Kier alpha value is -2.12. The van der Waals surface area contributed by atoms with E-state index in [0.29, 0.717) is 16.9 Å². The maximum Gasteiger partial charge on any atom is 0.172 e. The third-order valence-corrected chi connectivity index (χ3v) is 4.08. The molecule has 0 unspecified atom stereocenters. The lowest BCUT2D eigenvalue weighted by Crippen LogP contribution is -2.14. The van der Waals surface area contributed by atoms with Gasteiger partial charge in [-0.3, -0.25) is 0 Å². The molecule has 3 rings (SSSR count). The fourth-order valence-corrected chi connectivity index (χ4v) is 2.72. The van der Waals surface area contributed by atoms with E-state index >= 15 is 0 Å². The number of rotatable bonds is 6. The van der Waals surface area contributed by atoms with Crippen molar-refractivity contribution in [3.63, 3.8) is 0 Å². The molecule has 2 heterocycles. The molecule has 0 saturated heterocycles. The minimum absolute atomic E-state index is 0.209. The molecule has 3 N–H and O–H groups in total. The van der Waals surface area contributed by atoms with Gasteiger partial charge in [-0.15, -0.1) is 0 Å². The molecule has 0 saturated carbocycles. The molecule has 0 atom stereocenters. The van der Waals surface area contributed by atoms with Crippen LogP contribution in [0, 0.1) is 0 Å². The lowest BCUT2D eigenvalue weighted by molar-refractivity contribution is 0.477. The second-order valence-corrected chi connectivity index (χ2v) is 6.01. The van der Waals surface area contributed by atoms with Crippen LogP contribution >= 0.6 is 15.9 Å². The van der Waals surface area contributed by atoms with E-state index in [2.05, 4.69) is 36.6 Å². The number of hydrogen-bond acceptors (Lipinski definition) is 5. The van der Waals surface area contributed by atoms with Crippen molar-refractivity contribution in [2.24, 2.45) is 0 Å². The van der Waals surface area contributed by atoms with Crippen LogP contribution in [-0.4, -0.2) is 39.8 Å². The second kappa shape index (κ2) is 6.97. The highest BCUT2D eigenvalue weighted by Gasteiger charge is 2.13. The Kier molecular flexibility index (Phi) is 4.78. The number of aromatic hydroxyl groups is 1. The van der Waals surface area contributed by atoms with Crippen molar-refractivity contribution < 1.29 is 5.11 Å². The summed E-state index contributed by atoms with van der Waals surface area (Å²) in [6.45, 7) is 1.76. The quantitative estimate of drug-likeness (QED) is 0.577. The number of anilines is 1. The Morgan fingerprint density at radius 1 is 1.26 bits per heavy atom. The molecular weight excluding hydrogens is 358 g/mol. The normalized spacial score (nSPS) is 11.0. The number of phenolic OH excluding ortho intramolecular Hbond substituents is 1. The van der Waals surface area contributed by atoms with Gasteiger partial charge in [-0.2, -0.15) is 9.61 Å². The van der Waals surface area contributed by atoms with Crippen LogP contribution in [0.25, 0.3) is 16.9 Å². The van der Waals surface area contributed by atoms with Gasteiger partial charge in [-0.05, 0) is 48.1 Å². The average Bonchev–Trinajstić information content (AvgIpc) is 2.93. The van der Waals surface area contributed by atoms with Crippen molar-refractivity contribution >= 4 is 27.4 Å². The monoisotopic (exact) mass is 375 g/mol. The van der Waals surface area contributed by atoms with E-state index in [1.165, 1.54) is 0 Å². The van der Waals surface area contributed by atoms with Gasteiger partial charge in [0.25, 0.3) is 0 Å². The number of phenols is 1. The first kappa shape index (κ1) is 15.8. The number of nitrogens with one attached hydrogen (secondary N) is 2. The van der Waals surface area contributed by atoms with Crippen molar-refractivity contribution in [1.29, 1.82) is 0 Å². The predicted octanol–water partition coefficient (Wildman–Crippen LogP) is 2.89.